The van der Waals surface area contributed by atoms with Gasteiger partial charge >= 0.3 is 18.0 Å². The van der Waals surface area contributed by atoms with Crippen molar-refractivity contribution in [2.75, 3.05) is 48.7 Å². The summed E-state index contributed by atoms with van der Waals surface area (Å²) in [5, 5.41) is 39.4. The van der Waals surface area contributed by atoms with E-state index in [-0.39, 0.29) is 63.6 Å². The maximum absolute atomic E-state index is 13.6. The highest BCUT2D eigenvalue weighted by Gasteiger charge is 2.39. The monoisotopic (exact) mass is 946 g/mol. The van der Waals surface area contributed by atoms with Gasteiger partial charge in [0.2, 0.25) is 15.9 Å². The lowest BCUT2D eigenvalue weighted by molar-refractivity contribution is -0.139. The van der Waals surface area contributed by atoms with Crippen LogP contribution in [0.3, 0.4) is 0 Å². The highest BCUT2D eigenvalue weighted by atomic mass is 35.5. The molecule has 65 heavy (non-hydrogen) atoms. The second-order valence-corrected chi connectivity index (χ2v) is 19.7. The smallest absolute Gasteiger partial charge is 0.349 e. The number of carboxylic acid groups (broad SMARTS) is 2. The summed E-state index contributed by atoms with van der Waals surface area (Å²) in [5.74, 6) is -3.34. The van der Waals surface area contributed by atoms with E-state index in [1.165, 1.54) is 4.31 Å². The van der Waals surface area contributed by atoms with Crippen LogP contribution in [0, 0.1) is 5.41 Å². The first-order chi connectivity index (χ1) is 31.1. The molecule has 0 bridgehead atoms. The first kappa shape index (κ1) is 45.4. The fraction of sp³-hybridized carbons (Fsp3) is 0.364. The maximum atomic E-state index is 13.6. The van der Waals surface area contributed by atoms with Crippen LogP contribution >= 0.6 is 22.9 Å². The van der Waals surface area contributed by atoms with E-state index in [2.05, 4.69) is 21.3 Å². The minimum Gasteiger partial charge on any atom is -0.479 e. The summed E-state index contributed by atoms with van der Waals surface area (Å²) in [4.78, 5) is 64.9. The Morgan fingerprint density at radius 3 is 2.31 bits per heavy atom. The summed E-state index contributed by atoms with van der Waals surface area (Å²) in [6, 6.07) is 18.8. The van der Waals surface area contributed by atoms with Crippen molar-refractivity contribution < 1.29 is 47.3 Å². The molecular formula is C44H47ClN8O10S2. The number of aliphatic carboxylic acids is 1. The number of nitrogens with one attached hydrogen (secondary N) is 5. The highest BCUT2D eigenvalue weighted by molar-refractivity contribution is 7.88. The Labute approximate surface area is 383 Å². The zero-order valence-corrected chi connectivity index (χ0v) is 37.4. The average Bonchev–Trinajstić information content (AvgIpc) is 3.79. The Morgan fingerprint density at radius 1 is 0.892 bits per heavy atom. The number of anilines is 3. The van der Waals surface area contributed by atoms with Crippen molar-refractivity contribution in [3.63, 3.8) is 0 Å². The van der Waals surface area contributed by atoms with Gasteiger partial charge in [0.05, 0.1) is 16.7 Å². The van der Waals surface area contributed by atoms with Crippen molar-refractivity contribution >= 4 is 85.6 Å². The summed E-state index contributed by atoms with van der Waals surface area (Å²) >= 11 is 7.36. The molecule has 0 saturated carbocycles. The number of ether oxygens (including phenoxy) is 1. The Bertz CT molecular complexity index is 2660. The van der Waals surface area contributed by atoms with E-state index < -0.39 is 34.6 Å². The van der Waals surface area contributed by atoms with Gasteiger partial charge in [-0.15, -0.1) is 11.3 Å². The van der Waals surface area contributed by atoms with Crippen LogP contribution in [0.2, 0.25) is 5.02 Å². The number of nitrogens with zero attached hydrogens (tertiary/aromatic N) is 3. The molecule has 0 radical (unpaired) electrons. The molecule has 1 unspecified atom stereocenters. The van der Waals surface area contributed by atoms with Gasteiger partial charge < -0.3 is 46.0 Å². The molecule has 342 valence electrons. The van der Waals surface area contributed by atoms with Crippen molar-refractivity contribution in [1.82, 2.24) is 19.4 Å². The topological polar surface area (TPSA) is 251 Å². The average molecular weight is 947 g/mol. The molecule has 0 aliphatic carbocycles. The molecule has 4 aromatic rings. The number of amides is 4. The normalized spacial score (nSPS) is 18.5. The lowest BCUT2D eigenvalue weighted by Crippen LogP contribution is -2.52. The molecule has 4 aliphatic rings. The SMILES string of the molecule is N=C1NC(=O)CCC1N1Cc2c(NC3CCN(C(=O)Nc4cccc(CS(=O)(=O)N5CCC(Nc6cccc(-c7sc(C(=O)O)c(OCC(=O)O)c7Cl)c6)CC5)c4)CC3)cccc2C1=O. The van der Waals surface area contributed by atoms with Crippen LogP contribution in [0.25, 0.3) is 10.4 Å². The molecule has 8 rings (SSSR count). The highest BCUT2D eigenvalue weighted by Crippen LogP contribution is 2.46. The number of benzene rings is 3. The minimum atomic E-state index is -3.70. The fourth-order valence-electron chi connectivity index (χ4n) is 8.70. The molecule has 3 aromatic carbocycles. The zero-order chi connectivity index (χ0) is 46.0. The number of halogens is 1. The Hall–Kier alpha value is -6.22. The number of thiophene rings is 1. The molecule has 18 nitrogen and oxygen atoms in total. The van der Waals surface area contributed by atoms with Crippen molar-refractivity contribution in [2.24, 2.45) is 0 Å². The molecule has 0 spiro atoms. The fourth-order valence-corrected chi connectivity index (χ4v) is 11.7. The number of hydrogen-bond acceptors (Lipinski definition) is 12. The van der Waals surface area contributed by atoms with Crippen molar-refractivity contribution in [1.29, 1.82) is 5.41 Å². The van der Waals surface area contributed by atoms with E-state index in [0.29, 0.717) is 92.1 Å². The first-order valence-electron chi connectivity index (χ1n) is 21.1. The standard InChI is InChI=1S/C44H47ClN8O10S2/c45-37-38(63-23-36(55)56)40(43(58)59)64-39(37)26-5-2-7-30(21-26)47-27-14-18-52(19-15-27)65(61,62)24-25-4-1-6-29(20-25)49-44(60)51-16-12-28(13-17-51)48-33-9-3-8-31-32(33)22-53(42(31)57)34-10-11-35(54)50-41(34)46/h1-9,20-21,27-28,34,47-48H,10-19,22-24H2,(H,49,60)(H,55,56)(H,58,59)(H2,46,50,54). The summed E-state index contributed by atoms with van der Waals surface area (Å²) in [6.07, 6.45) is 3.06. The van der Waals surface area contributed by atoms with E-state index >= 15 is 0 Å². The number of hydrogen-bond donors (Lipinski definition) is 7. The second-order valence-electron chi connectivity index (χ2n) is 16.4. The Kier molecular flexibility index (Phi) is 13.3. The van der Waals surface area contributed by atoms with Crippen molar-refractivity contribution in [2.45, 2.75) is 68.9 Å². The lowest BCUT2D eigenvalue weighted by Gasteiger charge is -2.33. The van der Waals surface area contributed by atoms with Crippen LogP contribution in [0.4, 0.5) is 21.9 Å². The third-order valence-corrected chi connectivity index (χ3v) is 15.5. The predicted molar refractivity (Wildman–Crippen MR) is 245 cm³/mol. The molecule has 3 saturated heterocycles. The van der Waals surface area contributed by atoms with Gasteiger partial charge in [-0.05, 0) is 79.6 Å². The van der Waals surface area contributed by atoms with Crippen LogP contribution in [0.15, 0.2) is 66.7 Å². The summed E-state index contributed by atoms with van der Waals surface area (Å²) in [5.41, 5.74) is 4.62. The zero-order valence-electron chi connectivity index (χ0n) is 35.0. The number of carboxylic acids is 2. The van der Waals surface area contributed by atoms with Gasteiger partial charge in [-0.3, -0.25) is 15.0 Å². The largest absolute Gasteiger partial charge is 0.479 e. The number of amidine groups is 1. The number of piperidine rings is 3. The van der Waals surface area contributed by atoms with E-state index in [0.717, 1.165) is 28.3 Å². The number of carbonyl (C=O) groups excluding carboxylic acids is 3. The van der Waals surface area contributed by atoms with Gasteiger partial charge in [-0.25, -0.2) is 27.1 Å². The number of aromatic carboxylic acids is 1. The van der Waals surface area contributed by atoms with Crippen LogP contribution in [0.1, 0.15) is 69.7 Å². The van der Waals surface area contributed by atoms with Crippen molar-refractivity contribution in [3.8, 4) is 16.2 Å². The maximum Gasteiger partial charge on any atom is 0.349 e. The quantitative estimate of drug-likeness (QED) is 0.0774. The lowest BCUT2D eigenvalue weighted by atomic mass is 10.0. The van der Waals surface area contributed by atoms with E-state index in [4.69, 9.17) is 26.9 Å². The van der Waals surface area contributed by atoms with E-state index in [9.17, 15) is 37.5 Å². The van der Waals surface area contributed by atoms with Gasteiger partial charge in [0.1, 0.15) is 10.9 Å². The molecule has 21 heteroatoms. The molecule has 4 aliphatic heterocycles. The molecule has 5 heterocycles. The van der Waals surface area contributed by atoms with Gasteiger partial charge in [0.25, 0.3) is 5.91 Å². The second kappa shape index (κ2) is 19.1. The summed E-state index contributed by atoms with van der Waals surface area (Å²) in [7, 11) is -3.70. The molecule has 3 fully saturated rings. The number of urea groups is 1. The molecule has 1 atom stereocenters. The number of sulfonamides is 1. The Morgan fingerprint density at radius 2 is 1.58 bits per heavy atom. The van der Waals surface area contributed by atoms with Crippen LogP contribution in [-0.2, 0) is 31.9 Å². The summed E-state index contributed by atoms with van der Waals surface area (Å²) in [6.45, 7) is 1.14. The third kappa shape index (κ3) is 10.2. The third-order valence-electron chi connectivity index (χ3n) is 12.0. The minimum absolute atomic E-state index is 0.00231. The molecule has 7 N–H and O–H groups in total. The van der Waals surface area contributed by atoms with Gasteiger partial charge in [0, 0.05) is 79.4 Å². The van der Waals surface area contributed by atoms with Crippen LogP contribution in [-0.4, -0.2) is 119 Å². The number of carbonyl (C=O) groups is 5. The number of fused-ring (bicyclic) bond motifs is 1. The van der Waals surface area contributed by atoms with E-state index in [1.807, 2.05) is 18.2 Å². The van der Waals surface area contributed by atoms with Crippen molar-refractivity contribution in [3.05, 3.63) is 93.3 Å². The van der Waals surface area contributed by atoms with Gasteiger partial charge in [-0.2, -0.15) is 0 Å². The first-order valence-corrected chi connectivity index (χ1v) is 23.9. The molecule has 4 amide bonds. The van der Waals surface area contributed by atoms with Crippen LogP contribution < -0.4 is 26.0 Å². The predicted octanol–water partition coefficient (Wildman–Crippen LogP) is 5.96. The van der Waals surface area contributed by atoms with E-state index in [1.54, 1.807) is 58.3 Å². The molecule has 1 aromatic heterocycles. The van der Waals surface area contributed by atoms with Crippen LogP contribution in [0.5, 0.6) is 5.75 Å². The van der Waals surface area contributed by atoms with Gasteiger partial charge in [0.15, 0.2) is 17.2 Å². The summed E-state index contributed by atoms with van der Waals surface area (Å²) < 4.78 is 33.9. The van der Waals surface area contributed by atoms with Gasteiger partial charge in [-0.1, -0.05) is 41.9 Å². The Balaban J connectivity index is 0.806. The number of rotatable bonds is 14. The molecular weight excluding hydrogens is 900 g/mol. The number of likely N-dealkylation sites (tertiary alicyclic amines) is 1.